The molecule has 0 spiro atoms. The van der Waals surface area contributed by atoms with Gasteiger partial charge in [-0.05, 0) is 31.1 Å². The Morgan fingerprint density at radius 1 is 1.09 bits per heavy atom. The molecule has 0 radical (unpaired) electrons. The van der Waals surface area contributed by atoms with Crippen LogP contribution in [0.25, 0.3) is 0 Å². The van der Waals surface area contributed by atoms with E-state index in [1.807, 2.05) is 9.80 Å². The van der Waals surface area contributed by atoms with Crippen molar-refractivity contribution in [1.29, 1.82) is 0 Å². The lowest BCUT2D eigenvalue weighted by atomic mass is 9.35. The minimum atomic E-state index is -4.48. The molecule has 2 bridgehead atoms. The third-order valence-corrected chi connectivity index (χ3v) is 7.70. The molecule has 12 heteroatoms. The number of nitrogens with zero attached hydrogens (tertiary/aromatic N) is 6. The molecule has 32 heavy (non-hydrogen) atoms. The number of hydrogen-bond acceptors (Lipinski definition) is 6. The summed E-state index contributed by atoms with van der Waals surface area (Å²) >= 11 is 0. The van der Waals surface area contributed by atoms with Gasteiger partial charge in [0.15, 0.2) is 5.69 Å². The molecule has 2 saturated heterocycles. The fourth-order valence-corrected chi connectivity index (χ4v) is 6.03. The van der Waals surface area contributed by atoms with Gasteiger partial charge >= 0.3 is 12.2 Å². The summed E-state index contributed by atoms with van der Waals surface area (Å²) < 4.78 is 37.9. The number of hydrogen-bond donors (Lipinski definition) is 2. The number of halogens is 3. The van der Waals surface area contributed by atoms with E-state index < -0.39 is 11.9 Å². The van der Waals surface area contributed by atoms with Gasteiger partial charge in [0.2, 0.25) is 0 Å². The number of aromatic amines is 1. The molecule has 170 valence electrons. The lowest BCUT2D eigenvalue weighted by Gasteiger charge is -2.75. The maximum absolute atomic E-state index is 12.8. The first-order valence-corrected chi connectivity index (χ1v) is 10.8. The van der Waals surface area contributed by atoms with E-state index in [0.29, 0.717) is 18.3 Å². The van der Waals surface area contributed by atoms with Gasteiger partial charge in [-0.15, -0.1) is 0 Å². The van der Waals surface area contributed by atoms with Crippen molar-refractivity contribution in [1.82, 2.24) is 34.9 Å². The largest absolute Gasteiger partial charge is 0.434 e. The summed E-state index contributed by atoms with van der Waals surface area (Å²) in [6, 6.07) is 0.0997. The fourth-order valence-electron chi connectivity index (χ4n) is 6.03. The molecule has 2 N–H and O–H groups in total. The van der Waals surface area contributed by atoms with E-state index in [1.54, 1.807) is 0 Å². The number of nitrogens with one attached hydrogen (secondary N) is 2. The topological polar surface area (TPSA) is 103 Å². The van der Waals surface area contributed by atoms with Crippen LogP contribution in [-0.2, 0) is 6.18 Å². The Morgan fingerprint density at radius 3 is 2.50 bits per heavy atom. The average molecular weight is 448 g/mol. The highest BCUT2D eigenvalue weighted by molar-refractivity contribution is 5.76. The second-order valence-corrected chi connectivity index (χ2v) is 9.77. The summed E-state index contributed by atoms with van der Waals surface area (Å²) in [6.45, 7) is 2.95. The van der Waals surface area contributed by atoms with Crippen molar-refractivity contribution in [3.8, 4) is 0 Å². The first-order valence-electron chi connectivity index (χ1n) is 10.8. The van der Waals surface area contributed by atoms with Crippen LogP contribution in [0.4, 0.5) is 23.8 Å². The molecule has 3 saturated carbocycles. The Bertz CT molecular complexity index is 999. The summed E-state index contributed by atoms with van der Waals surface area (Å²) in [7, 11) is 0. The number of H-pyrrole nitrogens is 1. The van der Waals surface area contributed by atoms with Crippen LogP contribution in [0.1, 0.15) is 43.1 Å². The van der Waals surface area contributed by atoms with Crippen LogP contribution >= 0.6 is 0 Å². The summed E-state index contributed by atoms with van der Waals surface area (Å²) in [5, 5.41) is 10.1. The van der Waals surface area contributed by atoms with Crippen LogP contribution in [-0.4, -0.2) is 72.7 Å². The molecule has 9 nitrogen and oxygen atoms in total. The highest BCUT2D eigenvalue weighted by Crippen LogP contribution is 2.72. The third-order valence-electron chi connectivity index (χ3n) is 7.70. The number of rotatable bonds is 4. The molecule has 2 aromatic heterocycles. The number of carbonyl (C=O) groups is 1. The van der Waals surface area contributed by atoms with Gasteiger partial charge in [0, 0.05) is 43.6 Å². The van der Waals surface area contributed by atoms with E-state index >= 15 is 0 Å². The molecular formula is C20H23F3N8O. The van der Waals surface area contributed by atoms with E-state index in [2.05, 4.69) is 30.5 Å². The maximum atomic E-state index is 12.8. The number of amides is 2. The molecule has 2 aliphatic heterocycles. The highest BCUT2D eigenvalue weighted by atomic mass is 19.4. The molecule has 4 heterocycles. The Hall–Kier alpha value is -2.92. The third kappa shape index (κ3) is 3.02. The average Bonchev–Trinajstić information content (AvgIpc) is 3.34. The van der Waals surface area contributed by atoms with Gasteiger partial charge in [-0.25, -0.2) is 19.7 Å². The van der Waals surface area contributed by atoms with Crippen LogP contribution in [0.2, 0.25) is 0 Å². The summed E-state index contributed by atoms with van der Waals surface area (Å²) in [6.07, 6.45) is 2.72. The zero-order valence-electron chi connectivity index (χ0n) is 17.3. The molecule has 5 fully saturated rings. The van der Waals surface area contributed by atoms with Gasteiger partial charge in [0.25, 0.3) is 0 Å². The van der Waals surface area contributed by atoms with E-state index in [4.69, 9.17) is 0 Å². The van der Waals surface area contributed by atoms with Crippen molar-refractivity contribution in [2.45, 2.75) is 43.3 Å². The van der Waals surface area contributed by atoms with Gasteiger partial charge in [-0.3, -0.25) is 5.10 Å². The van der Waals surface area contributed by atoms with Crippen molar-refractivity contribution in [3.63, 3.8) is 0 Å². The number of carbonyl (C=O) groups excluding carboxylic acids is 1. The Labute approximate surface area is 181 Å². The maximum Gasteiger partial charge on any atom is 0.434 e. The number of urea groups is 1. The van der Waals surface area contributed by atoms with Crippen LogP contribution < -0.4 is 5.32 Å². The van der Waals surface area contributed by atoms with E-state index in [9.17, 15) is 18.0 Å². The van der Waals surface area contributed by atoms with Crippen molar-refractivity contribution in [2.75, 3.05) is 31.5 Å². The summed E-state index contributed by atoms with van der Waals surface area (Å²) in [4.78, 5) is 28.2. The second kappa shape index (κ2) is 6.55. The second-order valence-electron chi connectivity index (χ2n) is 9.77. The number of anilines is 1. The Morgan fingerprint density at radius 2 is 1.88 bits per heavy atom. The van der Waals surface area contributed by atoms with Gasteiger partial charge < -0.3 is 15.1 Å². The lowest BCUT2D eigenvalue weighted by Crippen LogP contribution is -2.77. The molecule has 3 aliphatic carbocycles. The highest BCUT2D eigenvalue weighted by Gasteiger charge is 2.72. The molecule has 7 rings (SSSR count). The molecule has 0 aromatic carbocycles. The van der Waals surface area contributed by atoms with Crippen molar-refractivity contribution in [3.05, 3.63) is 30.2 Å². The molecule has 2 aromatic rings. The SMILES string of the molecule is O=C(N1CC(C23CC(Nc4cnc(C(F)(F)F)cn4)(C2)C3)C1)N1CC[C@H](c2ncn[nH]2)C1. The van der Waals surface area contributed by atoms with Crippen molar-refractivity contribution >= 4 is 11.8 Å². The Balaban J connectivity index is 0.980. The zero-order chi connectivity index (χ0) is 22.1. The van der Waals surface area contributed by atoms with Crippen LogP contribution in [0.5, 0.6) is 0 Å². The summed E-state index contributed by atoms with van der Waals surface area (Å²) in [5.41, 5.74) is -0.823. The lowest BCUT2D eigenvalue weighted by molar-refractivity contribution is -0.188. The quantitative estimate of drug-likeness (QED) is 0.745. The number of alkyl halides is 3. The van der Waals surface area contributed by atoms with Crippen LogP contribution in [0.3, 0.4) is 0 Å². The van der Waals surface area contributed by atoms with Gasteiger partial charge in [-0.1, -0.05) is 0 Å². The van der Waals surface area contributed by atoms with Crippen molar-refractivity contribution < 1.29 is 18.0 Å². The first-order chi connectivity index (χ1) is 15.3. The van der Waals surface area contributed by atoms with Gasteiger partial charge in [0.1, 0.15) is 18.0 Å². The minimum absolute atomic E-state index is 0.0852. The monoisotopic (exact) mass is 448 g/mol. The zero-order valence-corrected chi connectivity index (χ0v) is 17.3. The first kappa shape index (κ1) is 19.7. The fraction of sp³-hybridized carbons (Fsp3) is 0.650. The number of aromatic nitrogens is 5. The molecule has 0 unspecified atom stereocenters. The summed E-state index contributed by atoms with van der Waals surface area (Å²) in [5.74, 6) is 1.93. The van der Waals surface area contributed by atoms with Crippen molar-refractivity contribution in [2.24, 2.45) is 11.3 Å². The predicted octanol–water partition coefficient (Wildman–Crippen LogP) is 2.49. The molecule has 5 aliphatic rings. The Kier molecular flexibility index (Phi) is 4.04. The number of likely N-dealkylation sites (tertiary alicyclic amines) is 2. The smallest absolute Gasteiger partial charge is 0.363 e. The van der Waals surface area contributed by atoms with E-state index in [0.717, 1.165) is 63.5 Å². The van der Waals surface area contributed by atoms with E-state index in [1.165, 1.54) is 6.33 Å². The standard InChI is InChI=1S/C20H23F3N8O/c21-20(22,23)14-3-25-15(4-24-14)28-19-8-18(9-19,10-19)13-6-31(7-13)17(32)30-2-1-12(5-30)16-26-11-27-29-16/h3-4,11-13H,1-2,5-10H2,(H,25,28)(H,26,27,29)/t12-,18?,19?/m0/s1. The predicted molar refractivity (Wildman–Crippen MR) is 105 cm³/mol. The van der Waals surface area contributed by atoms with Crippen LogP contribution in [0, 0.1) is 11.3 Å². The molecule has 2 amide bonds. The normalized spacial score (nSPS) is 31.7. The minimum Gasteiger partial charge on any atom is -0.363 e. The van der Waals surface area contributed by atoms with Crippen LogP contribution in [0.15, 0.2) is 18.7 Å². The molecular weight excluding hydrogens is 425 g/mol. The van der Waals surface area contributed by atoms with Gasteiger partial charge in [-0.2, -0.15) is 18.3 Å². The van der Waals surface area contributed by atoms with Gasteiger partial charge in [0.05, 0.1) is 12.4 Å². The van der Waals surface area contributed by atoms with E-state index in [-0.39, 0.29) is 22.9 Å². The molecule has 1 atom stereocenters.